The molecule has 0 spiro atoms. The molecule has 1 aliphatic rings. The molecule has 0 bridgehead atoms. The fraction of sp³-hybridized carbons (Fsp3) is 1.00. The molecule has 0 aromatic rings. The third-order valence-corrected chi connectivity index (χ3v) is 2.41. The Hall–Kier alpha value is 0.310. The van der Waals surface area contributed by atoms with Crippen molar-refractivity contribution >= 4 is 11.9 Å². The highest BCUT2D eigenvalue weighted by Gasteiger charge is 2.21. The molecule has 2 heteroatoms. The highest BCUT2D eigenvalue weighted by Crippen LogP contribution is 2.31. The summed E-state index contributed by atoms with van der Waals surface area (Å²) in [4.78, 5) is 0. The van der Waals surface area contributed by atoms with Crippen LogP contribution in [-0.2, 0) is 0 Å². The van der Waals surface area contributed by atoms with Gasteiger partial charge in [-0.3, -0.25) is 4.72 Å². The van der Waals surface area contributed by atoms with Gasteiger partial charge in [0.25, 0.3) is 0 Å². The normalized spacial score (nSPS) is 19.9. The van der Waals surface area contributed by atoms with Gasteiger partial charge < -0.3 is 0 Å². The zero-order chi connectivity index (χ0) is 5.98. The SMILES string of the molecule is CC(C)NSC1CC1. The van der Waals surface area contributed by atoms with E-state index < -0.39 is 0 Å². The molecule has 48 valence electrons. The fourth-order valence-corrected chi connectivity index (χ4v) is 1.25. The van der Waals surface area contributed by atoms with Crippen LogP contribution in [0.4, 0.5) is 0 Å². The number of hydrogen-bond donors (Lipinski definition) is 1. The predicted molar refractivity (Wildman–Crippen MR) is 38.9 cm³/mol. The molecule has 1 N–H and O–H groups in total. The van der Waals surface area contributed by atoms with Crippen molar-refractivity contribution in [1.82, 2.24) is 4.72 Å². The molecular formula is C6H13NS. The lowest BCUT2D eigenvalue weighted by molar-refractivity contribution is 0.770. The summed E-state index contributed by atoms with van der Waals surface area (Å²) in [6.45, 7) is 4.35. The second kappa shape index (κ2) is 2.74. The molecule has 0 unspecified atom stereocenters. The molecule has 1 saturated carbocycles. The fourth-order valence-electron chi connectivity index (χ4n) is 0.418. The first-order valence-electron chi connectivity index (χ1n) is 3.20. The monoisotopic (exact) mass is 131 g/mol. The minimum atomic E-state index is 0.639. The molecular weight excluding hydrogens is 118 g/mol. The van der Waals surface area contributed by atoms with Crippen LogP contribution in [0.3, 0.4) is 0 Å². The Morgan fingerprint density at radius 2 is 2.12 bits per heavy atom. The van der Waals surface area contributed by atoms with Crippen LogP contribution in [0.15, 0.2) is 0 Å². The van der Waals surface area contributed by atoms with Gasteiger partial charge in [0.2, 0.25) is 0 Å². The number of hydrogen-bond acceptors (Lipinski definition) is 2. The van der Waals surface area contributed by atoms with Gasteiger partial charge in [0.05, 0.1) is 0 Å². The molecule has 0 saturated heterocycles. The summed E-state index contributed by atoms with van der Waals surface area (Å²) in [6.07, 6.45) is 2.84. The van der Waals surface area contributed by atoms with Crippen LogP contribution in [0.5, 0.6) is 0 Å². The topological polar surface area (TPSA) is 12.0 Å². The smallest absolute Gasteiger partial charge is 0.0193 e. The first-order valence-corrected chi connectivity index (χ1v) is 4.08. The highest BCUT2D eigenvalue weighted by atomic mass is 32.2. The first kappa shape index (κ1) is 6.43. The van der Waals surface area contributed by atoms with Gasteiger partial charge in [0.1, 0.15) is 0 Å². The van der Waals surface area contributed by atoms with Crippen molar-refractivity contribution in [3.8, 4) is 0 Å². The summed E-state index contributed by atoms with van der Waals surface area (Å²) in [7, 11) is 0. The zero-order valence-corrected chi connectivity index (χ0v) is 6.29. The minimum absolute atomic E-state index is 0.639. The largest absolute Gasteiger partial charge is 0.261 e. The van der Waals surface area contributed by atoms with Crippen LogP contribution in [0.25, 0.3) is 0 Å². The van der Waals surface area contributed by atoms with Gasteiger partial charge in [-0.25, -0.2) is 0 Å². The zero-order valence-electron chi connectivity index (χ0n) is 5.48. The summed E-state index contributed by atoms with van der Waals surface area (Å²) in [5, 5.41) is 0.942. The highest BCUT2D eigenvalue weighted by molar-refractivity contribution is 7.98. The minimum Gasteiger partial charge on any atom is -0.261 e. The second-order valence-electron chi connectivity index (χ2n) is 2.59. The van der Waals surface area contributed by atoms with E-state index in [1.807, 2.05) is 11.9 Å². The molecule has 1 fully saturated rings. The number of rotatable bonds is 3. The van der Waals surface area contributed by atoms with E-state index in [0.29, 0.717) is 6.04 Å². The van der Waals surface area contributed by atoms with Crippen LogP contribution in [0, 0.1) is 0 Å². The first-order chi connectivity index (χ1) is 3.79. The number of nitrogens with one attached hydrogen (secondary N) is 1. The second-order valence-corrected chi connectivity index (χ2v) is 3.73. The molecule has 0 aromatic carbocycles. The van der Waals surface area contributed by atoms with Crippen LogP contribution >= 0.6 is 11.9 Å². The van der Waals surface area contributed by atoms with E-state index in [-0.39, 0.29) is 0 Å². The molecule has 1 rings (SSSR count). The van der Waals surface area contributed by atoms with Crippen molar-refractivity contribution in [2.75, 3.05) is 0 Å². The van der Waals surface area contributed by atoms with Crippen molar-refractivity contribution in [3.05, 3.63) is 0 Å². The maximum atomic E-state index is 3.32. The van der Waals surface area contributed by atoms with Crippen LogP contribution in [0.2, 0.25) is 0 Å². The van der Waals surface area contributed by atoms with Gasteiger partial charge in [-0.2, -0.15) is 0 Å². The van der Waals surface area contributed by atoms with Gasteiger partial charge in [-0.15, -0.1) is 0 Å². The molecule has 0 aliphatic heterocycles. The average molecular weight is 131 g/mol. The Morgan fingerprint density at radius 3 is 2.50 bits per heavy atom. The quantitative estimate of drug-likeness (QED) is 0.586. The van der Waals surface area contributed by atoms with Crippen molar-refractivity contribution < 1.29 is 0 Å². The Morgan fingerprint density at radius 1 is 1.50 bits per heavy atom. The Kier molecular flexibility index (Phi) is 2.20. The van der Waals surface area contributed by atoms with Crippen LogP contribution < -0.4 is 4.72 Å². The van der Waals surface area contributed by atoms with Crippen LogP contribution in [-0.4, -0.2) is 11.3 Å². The summed E-state index contributed by atoms with van der Waals surface area (Å²) in [6, 6.07) is 0.639. The van der Waals surface area contributed by atoms with Crippen molar-refractivity contribution in [2.24, 2.45) is 0 Å². The Labute approximate surface area is 55.4 Å². The van der Waals surface area contributed by atoms with Gasteiger partial charge in [-0.1, -0.05) is 11.9 Å². The van der Waals surface area contributed by atoms with Gasteiger partial charge in [0.15, 0.2) is 0 Å². The summed E-state index contributed by atoms with van der Waals surface area (Å²) in [5.41, 5.74) is 0. The lowest BCUT2D eigenvalue weighted by atomic mass is 10.4. The third-order valence-electron chi connectivity index (χ3n) is 0.995. The maximum Gasteiger partial charge on any atom is 0.0193 e. The Balaban J connectivity index is 1.87. The standard InChI is InChI=1S/C6H13NS/c1-5(2)7-8-6-3-4-6/h5-7H,3-4H2,1-2H3. The maximum absolute atomic E-state index is 3.32. The van der Waals surface area contributed by atoms with Crippen molar-refractivity contribution in [3.63, 3.8) is 0 Å². The summed E-state index contributed by atoms with van der Waals surface area (Å²) >= 11 is 1.90. The van der Waals surface area contributed by atoms with E-state index in [4.69, 9.17) is 0 Å². The van der Waals surface area contributed by atoms with Crippen LogP contribution in [0.1, 0.15) is 26.7 Å². The predicted octanol–water partition coefficient (Wildman–Crippen LogP) is 1.79. The summed E-state index contributed by atoms with van der Waals surface area (Å²) < 4.78 is 3.32. The lowest BCUT2D eigenvalue weighted by Gasteiger charge is -2.03. The van der Waals surface area contributed by atoms with Gasteiger partial charge in [-0.05, 0) is 26.7 Å². The van der Waals surface area contributed by atoms with Crippen molar-refractivity contribution in [2.45, 2.75) is 38.0 Å². The van der Waals surface area contributed by atoms with Gasteiger partial charge in [0, 0.05) is 11.3 Å². The molecule has 8 heavy (non-hydrogen) atoms. The van der Waals surface area contributed by atoms with Crippen molar-refractivity contribution in [1.29, 1.82) is 0 Å². The molecule has 0 heterocycles. The van der Waals surface area contributed by atoms with E-state index in [1.54, 1.807) is 0 Å². The van der Waals surface area contributed by atoms with Gasteiger partial charge >= 0.3 is 0 Å². The van der Waals surface area contributed by atoms with E-state index in [0.717, 1.165) is 5.25 Å². The molecule has 0 radical (unpaired) electrons. The van der Waals surface area contributed by atoms with E-state index in [2.05, 4.69) is 18.6 Å². The molecule has 1 nitrogen and oxygen atoms in total. The molecule has 1 aliphatic carbocycles. The molecule has 0 aromatic heterocycles. The molecule has 0 amide bonds. The van der Waals surface area contributed by atoms with E-state index in [1.165, 1.54) is 12.8 Å². The van der Waals surface area contributed by atoms with E-state index >= 15 is 0 Å². The lowest BCUT2D eigenvalue weighted by Crippen LogP contribution is -2.14. The summed E-state index contributed by atoms with van der Waals surface area (Å²) in [5.74, 6) is 0. The Bertz CT molecular complexity index is 66.9. The third kappa shape index (κ3) is 2.58. The molecule has 0 atom stereocenters. The average Bonchev–Trinajstić information content (AvgIpc) is 2.41. The van der Waals surface area contributed by atoms with E-state index in [9.17, 15) is 0 Å².